The summed E-state index contributed by atoms with van der Waals surface area (Å²) < 4.78 is 13.4. The molecule has 0 radical (unpaired) electrons. The highest BCUT2D eigenvalue weighted by Gasteiger charge is 2.12. The largest absolute Gasteiger partial charge is 0.298 e. The summed E-state index contributed by atoms with van der Waals surface area (Å²) in [6.45, 7) is 0. The maximum Gasteiger partial charge on any atom is 0.162 e. The molecule has 3 rings (SSSR count). The minimum absolute atomic E-state index is 0.232. The van der Waals surface area contributed by atoms with Crippen molar-refractivity contribution in [3.63, 3.8) is 0 Å². The fourth-order valence-electron chi connectivity index (χ4n) is 1.98. The second kappa shape index (κ2) is 4.98. The van der Waals surface area contributed by atoms with Gasteiger partial charge in [0, 0.05) is 16.5 Å². The zero-order valence-corrected chi connectivity index (χ0v) is 10.9. The minimum Gasteiger partial charge on any atom is -0.298 e. The molecule has 5 heteroatoms. The van der Waals surface area contributed by atoms with Crippen LogP contribution in [0.5, 0.6) is 0 Å². The Morgan fingerprint density at radius 3 is 2.70 bits per heavy atom. The lowest BCUT2D eigenvalue weighted by Gasteiger charge is -2.06. The Balaban J connectivity index is 2.30. The first-order valence-corrected chi connectivity index (χ1v) is 6.24. The van der Waals surface area contributed by atoms with Gasteiger partial charge in [-0.25, -0.2) is 14.4 Å². The Kier molecular flexibility index (Phi) is 3.16. The predicted molar refractivity (Wildman–Crippen MR) is 75.3 cm³/mol. The van der Waals surface area contributed by atoms with Gasteiger partial charge >= 0.3 is 0 Å². The van der Waals surface area contributed by atoms with Crippen molar-refractivity contribution in [2.75, 3.05) is 0 Å². The van der Waals surface area contributed by atoms with Crippen LogP contribution < -0.4 is 0 Å². The van der Waals surface area contributed by atoms with E-state index in [4.69, 9.17) is 11.6 Å². The second-order valence-corrected chi connectivity index (χ2v) is 4.56. The first-order valence-electron chi connectivity index (χ1n) is 5.86. The van der Waals surface area contributed by atoms with Gasteiger partial charge in [0.1, 0.15) is 11.0 Å². The zero-order chi connectivity index (χ0) is 14.1. The molecule has 98 valence electrons. The van der Waals surface area contributed by atoms with Crippen LogP contribution in [0, 0.1) is 5.82 Å². The highest BCUT2D eigenvalue weighted by atomic mass is 35.5. The van der Waals surface area contributed by atoms with Crippen LogP contribution in [0.15, 0.2) is 42.5 Å². The van der Waals surface area contributed by atoms with Gasteiger partial charge in [-0.3, -0.25) is 4.79 Å². The van der Waals surface area contributed by atoms with E-state index >= 15 is 0 Å². The average molecular weight is 287 g/mol. The highest BCUT2D eigenvalue weighted by Crippen LogP contribution is 2.26. The van der Waals surface area contributed by atoms with Crippen LogP contribution in [-0.2, 0) is 0 Å². The maximum atomic E-state index is 13.4. The number of nitrogens with zero attached hydrogens (tertiary/aromatic N) is 2. The third kappa shape index (κ3) is 2.14. The molecular weight excluding hydrogens is 279 g/mol. The van der Waals surface area contributed by atoms with Gasteiger partial charge in [-0.15, -0.1) is 0 Å². The van der Waals surface area contributed by atoms with E-state index in [1.165, 1.54) is 18.2 Å². The topological polar surface area (TPSA) is 42.9 Å². The molecule has 0 spiro atoms. The molecule has 0 saturated heterocycles. The van der Waals surface area contributed by atoms with Crippen LogP contribution >= 0.6 is 11.6 Å². The lowest BCUT2D eigenvalue weighted by atomic mass is 10.1. The van der Waals surface area contributed by atoms with Crippen LogP contribution in [0.2, 0.25) is 5.15 Å². The summed E-state index contributed by atoms with van der Waals surface area (Å²) in [6, 6.07) is 11.1. The summed E-state index contributed by atoms with van der Waals surface area (Å²) in [7, 11) is 0. The molecule has 0 unspecified atom stereocenters. The third-order valence-electron chi connectivity index (χ3n) is 2.94. The number of para-hydroxylation sites is 1. The molecule has 0 aliphatic heterocycles. The monoisotopic (exact) mass is 286 g/mol. The molecule has 2 aromatic carbocycles. The summed E-state index contributed by atoms with van der Waals surface area (Å²) >= 11 is 6.11. The summed E-state index contributed by atoms with van der Waals surface area (Å²) in [6.07, 6.45) is 0.640. The van der Waals surface area contributed by atoms with Crippen molar-refractivity contribution in [1.29, 1.82) is 0 Å². The van der Waals surface area contributed by atoms with Crippen molar-refractivity contribution in [2.24, 2.45) is 0 Å². The van der Waals surface area contributed by atoms with Crippen LogP contribution in [0.4, 0.5) is 4.39 Å². The van der Waals surface area contributed by atoms with Gasteiger partial charge in [0.2, 0.25) is 0 Å². The number of aldehydes is 1. The number of hydrogen-bond donors (Lipinski definition) is 0. The summed E-state index contributed by atoms with van der Waals surface area (Å²) in [5.41, 5.74) is 1.29. The van der Waals surface area contributed by atoms with E-state index in [0.29, 0.717) is 28.3 Å². The number of fused-ring (bicyclic) bond motifs is 1. The van der Waals surface area contributed by atoms with Crippen LogP contribution in [0.1, 0.15) is 10.4 Å². The molecule has 0 fully saturated rings. The van der Waals surface area contributed by atoms with Gasteiger partial charge in [0.05, 0.1) is 5.52 Å². The van der Waals surface area contributed by atoms with E-state index in [-0.39, 0.29) is 11.0 Å². The van der Waals surface area contributed by atoms with E-state index in [9.17, 15) is 9.18 Å². The van der Waals surface area contributed by atoms with Crippen LogP contribution in [-0.4, -0.2) is 16.3 Å². The van der Waals surface area contributed by atoms with E-state index in [1.54, 1.807) is 12.1 Å². The molecule has 0 amide bonds. The molecule has 3 nitrogen and oxygen atoms in total. The van der Waals surface area contributed by atoms with E-state index in [0.717, 1.165) is 0 Å². The number of rotatable bonds is 2. The van der Waals surface area contributed by atoms with Gasteiger partial charge in [-0.2, -0.15) is 0 Å². The SMILES string of the molecule is O=Cc1ccc(F)cc1-c1nc(Cl)c2ccccc2n1. The predicted octanol–water partition coefficient (Wildman–Crippen LogP) is 3.90. The van der Waals surface area contributed by atoms with Crippen molar-refractivity contribution in [3.8, 4) is 11.4 Å². The van der Waals surface area contributed by atoms with E-state index in [2.05, 4.69) is 9.97 Å². The first kappa shape index (κ1) is 12.7. The molecule has 20 heavy (non-hydrogen) atoms. The second-order valence-electron chi connectivity index (χ2n) is 4.20. The lowest BCUT2D eigenvalue weighted by molar-refractivity contribution is 0.112. The van der Waals surface area contributed by atoms with Crippen molar-refractivity contribution in [3.05, 3.63) is 59.0 Å². The molecule has 0 bridgehead atoms. The Morgan fingerprint density at radius 2 is 1.90 bits per heavy atom. The van der Waals surface area contributed by atoms with Gasteiger partial charge in [0.15, 0.2) is 12.1 Å². The number of benzene rings is 2. The maximum absolute atomic E-state index is 13.4. The third-order valence-corrected chi connectivity index (χ3v) is 3.23. The van der Waals surface area contributed by atoms with Gasteiger partial charge in [0.25, 0.3) is 0 Å². The van der Waals surface area contributed by atoms with Crippen LogP contribution in [0.25, 0.3) is 22.3 Å². The van der Waals surface area contributed by atoms with E-state index in [1.807, 2.05) is 12.1 Å². The number of carbonyl (C=O) groups is 1. The van der Waals surface area contributed by atoms with E-state index < -0.39 is 5.82 Å². The average Bonchev–Trinajstić information content (AvgIpc) is 2.47. The zero-order valence-electron chi connectivity index (χ0n) is 10.2. The number of aromatic nitrogens is 2. The number of halogens is 2. The van der Waals surface area contributed by atoms with Crippen LogP contribution in [0.3, 0.4) is 0 Å². The van der Waals surface area contributed by atoms with Crippen molar-refractivity contribution in [1.82, 2.24) is 9.97 Å². The molecule has 3 aromatic rings. The quantitative estimate of drug-likeness (QED) is 0.530. The Morgan fingerprint density at radius 1 is 1.10 bits per heavy atom. The molecule has 1 aromatic heterocycles. The summed E-state index contributed by atoms with van der Waals surface area (Å²) in [5.74, 6) is -0.228. The molecule has 0 N–H and O–H groups in total. The molecule has 1 heterocycles. The Hall–Kier alpha value is -2.33. The molecule has 0 atom stereocenters. The number of carbonyl (C=O) groups excluding carboxylic acids is 1. The highest BCUT2D eigenvalue weighted by molar-refractivity contribution is 6.34. The molecular formula is C15H8ClFN2O. The number of hydrogen-bond acceptors (Lipinski definition) is 3. The summed E-state index contributed by atoms with van der Waals surface area (Å²) in [5, 5.41) is 0.980. The summed E-state index contributed by atoms with van der Waals surface area (Å²) in [4.78, 5) is 19.5. The Labute approximate surface area is 119 Å². The van der Waals surface area contributed by atoms with Crippen molar-refractivity contribution in [2.45, 2.75) is 0 Å². The van der Waals surface area contributed by atoms with Crippen molar-refractivity contribution >= 4 is 28.8 Å². The molecule has 0 aliphatic rings. The normalized spacial score (nSPS) is 10.7. The smallest absolute Gasteiger partial charge is 0.162 e. The van der Waals surface area contributed by atoms with Gasteiger partial charge in [-0.1, -0.05) is 23.7 Å². The van der Waals surface area contributed by atoms with Gasteiger partial charge < -0.3 is 0 Å². The molecule has 0 saturated carbocycles. The fraction of sp³-hybridized carbons (Fsp3) is 0. The van der Waals surface area contributed by atoms with Crippen molar-refractivity contribution < 1.29 is 9.18 Å². The minimum atomic E-state index is -0.460. The molecule has 0 aliphatic carbocycles. The standard InChI is InChI=1S/C15H8ClFN2O/c16-14-11-3-1-2-4-13(11)18-15(19-14)12-7-10(17)6-5-9(12)8-20/h1-8H. The Bertz CT molecular complexity index is 820. The fourth-order valence-corrected chi connectivity index (χ4v) is 2.22. The van der Waals surface area contributed by atoms with Gasteiger partial charge in [-0.05, 0) is 30.3 Å². The lowest BCUT2D eigenvalue weighted by Crippen LogP contribution is -1.96. The first-order chi connectivity index (χ1) is 9.69.